The second-order valence-corrected chi connectivity index (χ2v) is 4.97. The van der Waals surface area contributed by atoms with Gasteiger partial charge in [-0.25, -0.2) is 13.1 Å². The van der Waals surface area contributed by atoms with E-state index in [1.54, 1.807) is 6.92 Å². The van der Waals surface area contributed by atoms with Crippen molar-refractivity contribution in [3.05, 3.63) is 12.4 Å². The van der Waals surface area contributed by atoms with Crippen molar-refractivity contribution in [2.75, 3.05) is 0 Å². The Morgan fingerprint density at radius 2 is 2.50 bits per heavy atom. The molecule has 0 radical (unpaired) electrons. The predicted octanol–water partition coefficient (Wildman–Crippen LogP) is -0.787. The summed E-state index contributed by atoms with van der Waals surface area (Å²) in [6.45, 7) is 1.61. The van der Waals surface area contributed by atoms with Crippen LogP contribution in [0.5, 0.6) is 0 Å². The van der Waals surface area contributed by atoms with Crippen LogP contribution in [0.15, 0.2) is 22.4 Å². The normalized spacial score (nSPS) is 14.9. The molecule has 0 saturated heterocycles. The van der Waals surface area contributed by atoms with Crippen LogP contribution in [0, 0.1) is 0 Å². The van der Waals surface area contributed by atoms with Crippen LogP contribution in [0.2, 0.25) is 0 Å². The second-order valence-electron chi connectivity index (χ2n) is 3.25. The first-order chi connectivity index (χ1) is 7.45. The van der Waals surface area contributed by atoms with E-state index < -0.39 is 16.1 Å². The number of nitrogens with one attached hydrogen (secondary N) is 2. The van der Waals surface area contributed by atoms with E-state index in [2.05, 4.69) is 20.1 Å². The minimum absolute atomic E-state index is 0.0395. The fourth-order valence-electron chi connectivity index (χ4n) is 1.12. The maximum absolute atomic E-state index is 11.7. The quantitative estimate of drug-likeness (QED) is 0.234. The Kier molecular flexibility index (Phi) is 3.85. The van der Waals surface area contributed by atoms with Crippen molar-refractivity contribution >= 4 is 15.9 Å². The van der Waals surface area contributed by atoms with E-state index in [0.29, 0.717) is 0 Å². The highest BCUT2D eigenvalue weighted by Crippen LogP contribution is 2.06. The van der Waals surface area contributed by atoms with Gasteiger partial charge in [0.25, 0.3) is 0 Å². The monoisotopic (exact) mass is 247 g/mol. The summed E-state index contributed by atoms with van der Waals surface area (Å²) in [5.41, 5.74) is 5.26. The van der Waals surface area contributed by atoms with E-state index in [-0.39, 0.29) is 17.2 Å². The van der Waals surface area contributed by atoms with Crippen molar-refractivity contribution in [3.63, 3.8) is 0 Å². The number of hydrogen-bond donors (Lipinski definition) is 4. The van der Waals surface area contributed by atoms with Gasteiger partial charge in [0.1, 0.15) is 10.7 Å². The van der Waals surface area contributed by atoms with Crippen LogP contribution in [0.1, 0.15) is 13.3 Å². The maximum atomic E-state index is 11.7. The summed E-state index contributed by atoms with van der Waals surface area (Å²) >= 11 is 0. The summed E-state index contributed by atoms with van der Waals surface area (Å²) in [7, 11) is -3.61. The Morgan fingerprint density at radius 3 is 3.00 bits per heavy atom. The maximum Gasteiger partial charge on any atom is 0.243 e. The van der Waals surface area contributed by atoms with Crippen LogP contribution in [0.3, 0.4) is 0 Å². The molecule has 0 aliphatic carbocycles. The fraction of sp³-hybridized carbons (Fsp3) is 0.429. The van der Waals surface area contributed by atoms with Gasteiger partial charge in [0.05, 0.1) is 6.20 Å². The first kappa shape index (κ1) is 12.5. The molecule has 8 nitrogen and oxygen atoms in total. The molecule has 1 heterocycles. The van der Waals surface area contributed by atoms with Crippen molar-refractivity contribution < 1.29 is 13.6 Å². The predicted molar refractivity (Wildman–Crippen MR) is 56.4 cm³/mol. The molecule has 1 atom stereocenters. The van der Waals surface area contributed by atoms with Crippen LogP contribution in [-0.4, -0.2) is 35.7 Å². The molecular weight excluding hydrogens is 234 g/mol. The third-order valence-corrected chi connectivity index (χ3v) is 3.34. The van der Waals surface area contributed by atoms with E-state index in [1.807, 2.05) is 0 Å². The number of aromatic nitrogens is 2. The molecule has 0 bridgehead atoms. The van der Waals surface area contributed by atoms with Crippen LogP contribution in [0.25, 0.3) is 0 Å². The van der Waals surface area contributed by atoms with Gasteiger partial charge in [0.15, 0.2) is 0 Å². The van der Waals surface area contributed by atoms with Gasteiger partial charge in [-0.1, -0.05) is 5.16 Å². The lowest BCUT2D eigenvalue weighted by atomic mass is 10.2. The van der Waals surface area contributed by atoms with Gasteiger partial charge in [-0.3, -0.25) is 5.10 Å². The molecular formula is C7H13N5O3S. The van der Waals surface area contributed by atoms with Gasteiger partial charge in [-0.2, -0.15) is 5.10 Å². The Morgan fingerprint density at radius 1 is 1.81 bits per heavy atom. The highest BCUT2D eigenvalue weighted by Gasteiger charge is 2.18. The molecule has 0 aliphatic rings. The fourth-order valence-corrected chi connectivity index (χ4v) is 2.26. The summed E-state index contributed by atoms with van der Waals surface area (Å²) < 4.78 is 25.7. The molecule has 5 N–H and O–H groups in total. The first-order valence-corrected chi connectivity index (χ1v) is 5.91. The number of H-pyrrole nitrogens is 1. The molecule has 0 amide bonds. The zero-order valence-corrected chi connectivity index (χ0v) is 9.40. The molecule has 0 fully saturated rings. The van der Waals surface area contributed by atoms with E-state index >= 15 is 0 Å². The summed E-state index contributed by atoms with van der Waals surface area (Å²) in [5.74, 6) is -0.0395. The molecule has 0 spiro atoms. The Hall–Kier alpha value is -1.61. The van der Waals surface area contributed by atoms with Crippen molar-refractivity contribution in [3.8, 4) is 0 Å². The molecule has 1 aromatic rings. The number of hydrogen-bond acceptors (Lipinski definition) is 5. The van der Waals surface area contributed by atoms with E-state index in [9.17, 15) is 8.42 Å². The summed E-state index contributed by atoms with van der Waals surface area (Å²) in [5, 5.41) is 17.0. The number of sulfonamides is 1. The number of amidine groups is 1. The Bertz CT molecular complexity index is 452. The lowest BCUT2D eigenvalue weighted by molar-refractivity contribution is 0.316. The molecule has 1 aromatic heterocycles. The van der Waals surface area contributed by atoms with Crippen LogP contribution < -0.4 is 10.5 Å². The van der Waals surface area contributed by atoms with Crippen molar-refractivity contribution in [2.24, 2.45) is 10.9 Å². The summed E-state index contributed by atoms with van der Waals surface area (Å²) in [4.78, 5) is 0.0406. The highest BCUT2D eigenvalue weighted by molar-refractivity contribution is 7.89. The zero-order valence-electron chi connectivity index (χ0n) is 8.58. The number of rotatable bonds is 5. The van der Waals surface area contributed by atoms with Crippen molar-refractivity contribution in [2.45, 2.75) is 24.3 Å². The van der Waals surface area contributed by atoms with Gasteiger partial charge in [-0.15, -0.1) is 0 Å². The van der Waals surface area contributed by atoms with E-state index in [1.165, 1.54) is 12.4 Å². The molecule has 9 heteroatoms. The van der Waals surface area contributed by atoms with Crippen LogP contribution >= 0.6 is 0 Å². The topological polar surface area (TPSA) is 133 Å². The largest absolute Gasteiger partial charge is 0.409 e. The molecule has 0 aliphatic heterocycles. The minimum Gasteiger partial charge on any atom is -0.409 e. The SMILES string of the molecule is CC(CC(N)=NO)NS(=O)(=O)c1cn[nH]c1. The molecule has 1 rings (SSSR count). The van der Waals surface area contributed by atoms with Gasteiger partial charge < -0.3 is 10.9 Å². The lowest BCUT2D eigenvalue weighted by Gasteiger charge is -2.11. The molecule has 0 saturated carbocycles. The smallest absolute Gasteiger partial charge is 0.243 e. The van der Waals surface area contributed by atoms with Gasteiger partial charge in [-0.05, 0) is 6.92 Å². The molecule has 90 valence electrons. The first-order valence-electron chi connectivity index (χ1n) is 4.43. The third kappa shape index (κ3) is 3.21. The highest BCUT2D eigenvalue weighted by atomic mass is 32.2. The zero-order chi connectivity index (χ0) is 12.2. The number of nitrogens with two attached hydrogens (primary N) is 1. The van der Waals surface area contributed by atoms with Gasteiger partial charge in [0, 0.05) is 18.7 Å². The standard InChI is InChI=1S/C7H13N5O3S/c1-5(2-7(8)11-13)12-16(14,15)6-3-9-10-4-6/h3-5,12-13H,2H2,1H3,(H2,8,11)(H,9,10). The Balaban J connectivity index is 2.67. The molecule has 1 unspecified atom stereocenters. The van der Waals surface area contributed by atoms with Gasteiger partial charge >= 0.3 is 0 Å². The number of nitrogens with zero attached hydrogens (tertiary/aromatic N) is 2. The van der Waals surface area contributed by atoms with Crippen LogP contribution in [-0.2, 0) is 10.0 Å². The molecule has 0 aromatic carbocycles. The van der Waals surface area contributed by atoms with E-state index in [0.717, 1.165) is 0 Å². The number of aromatic amines is 1. The average Bonchev–Trinajstić information content (AvgIpc) is 2.69. The summed E-state index contributed by atoms with van der Waals surface area (Å²) in [6, 6.07) is -0.476. The number of oxime groups is 1. The lowest BCUT2D eigenvalue weighted by Crippen LogP contribution is -2.35. The minimum atomic E-state index is -3.61. The third-order valence-electron chi connectivity index (χ3n) is 1.78. The van der Waals surface area contributed by atoms with Crippen molar-refractivity contribution in [1.82, 2.24) is 14.9 Å². The second kappa shape index (κ2) is 4.94. The van der Waals surface area contributed by atoms with E-state index in [4.69, 9.17) is 10.9 Å². The Labute approximate surface area is 92.6 Å². The van der Waals surface area contributed by atoms with Gasteiger partial charge in [0.2, 0.25) is 10.0 Å². The summed E-state index contributed by atoms with van der Waals surface area (Å²) in [6.07, 6.45) is 2.57. The van der Waals surface area contributed by atoms with Crippen LogP contribution in [0.4, 0.5) is 0 Å². The van der Waals surface area contributed by atoms with Crippen molar-refractivity contribution in [1.29, 1.82) is 0 Å². The molecule has 16 heavy (non-hydrogen) atoms. The average molecular weight is 247 g/mol.